The molecule has 0 aliphatic carbocycles. The fraction of sp³-hybridized carbons (Fsp3) is 0.478. The Hall–Kier alpha value is -2.36. The number of hydrogen-bond acceptors (Lipinski definition) is 7. The van der Waals surface area contributed by atoms with Crippen molar-refractivity contribution >= 4 is 35.0 Å². The topological polar surface area (TPSA) is 75.9 Å². The minimum absolute atomic E-state index is 0.184. The average molecular weight is 489 g/mol. The van der Waals surface area contributed by atoms with Crippen molar-refractivity contribution in [2.75, 3.05) is 45.6 Å². The number of fused-ring (bicyclic) bond motifs is 1. The highest BCUT2D eigenvalue weighted by Crippen LogP contribution is 2.23. The van der Waals surface area contributed by atoms with Crippen molar-refractivity contribution in [3.8, 4) is 5.75 Å². The highest BCUT2D eigenvalue weighted by molar-refractivity contribution is 7.98. The predicted molar refractivity (Wildman–Crippen MR) is 130 cm³/mol. The van der Waals surface area contributed by atoms with Gasteiger partial charge in [-0.1, -0.05) is 35.5 Å². The quantitative estimate of drug-likeness (QED) is 0.450. The number of piperazine rings is 1. The summed E-state index contributed by atoms with van der Waals surface area (Å²) in [5.41, 5.74) is 2.99. The monoisotopic (exact) mass is 488 g/mol. The number of amides is 1. The van der Waals surface area contributed by atoms with Crippen LogP contribution in [0.5, 0.6) is 5.75 Å². The highest BCUT2D eigenvalue weighted by Gasteiger charge is 2.22. The molecule has 1 fully saturated rings. The molecule has 33 heavy (non-hydrogen) atoms. The van der Waals surface area contributed by atoms with E-state index in [-0.39, 0.29) is 5.91 Å². The molecular formula is C23H29ClN6O2S. The van der Waals surface area contributed by atoms with Crippen LogP contribution in [0.4, 0.5) is 0 Å². The van der Waals surface area contributed by atoms with Crippen LogP contribution < -0.4 is 4.74 Å². The van der Waals surface area contributed by atoms with Crippen molar-refractivity contribution in [1.82, 2.24) is 29.4 Å². The van der Waals surface area contributed by atoms with Crippen LogP contribution in [0.1, 0.15) is 23.4 Å². The summed E-state index contributed by atoms with van der Waals surface area (Å²) in [6, 6.07) is 7.50. The zero-order valence-corrected chi connectivity index (χ0v) is 20.8. The van der Waals surface area contributed by atoms with Crippen LogP contribution in [0.15, 0.2) is 29.4 Å². The Labute approximate surface area is 203 Å². The van der Waals surface area contributed by atoms with Crippen LogP contribution in [0, 0.1) is 13.8 Å². The standard InChI is InChI=1S/C23H29ClN6O2S/c1-16-18(17(2)30-22(25-16)26-23(27-30)33-3)8-9-21(31)29-12-10-28(11-13-29)14-15-32-20-7-5-4-6-19(20)24/h4-7H,8-15H2,1-3H3. The zero-order valence-electron chi connectivity index (χ0n) is 19.3. The van der Waals surface area contributed by atoms with E-state index < -0.39 is 0 Å². The molecule has 1 aliphatic rings. The normalized spacial score (nSPS) is 14.7. The second-order valence-corrected chi connectivity index (χ2v) is 9.25. The van der Waals surface area contributed by atoms with Crippen molar-refractivity contribution < 1.29 is 9.53 Å². The maximum absolute atomic E-state index is 12.9. The average Bonchev–Trinajstić information content (AvgIpc) is 3.24. The fourth-order valence-electron chi connectivity index (χ4n) is 4.10. The van der Waals surface area contributed by atoms with Gasteiger partial charge in [-0.2, -0.15) is 4.98 Å². The maximum Gasteiger partial charge on any atom is 0.253 e. The third kappa shape index (κ3) is 5.59. The number of aryl methyl sites for hydroxylation is 2. The third-order valence-electron chi connectivity index (χ3n) is 6.03. The van der Waals surface area contributed by atoms with Crippen molar-refractivity contribution in [1.29, 1.82) is 0 Å². The van der Waals surface area contributed by atoms with Crippen LogP contribution in [-0.4, -0.2) is 80.9 Å². The first-order valence-electron chi connectivity index (χ1n) is 11.1. The summed E-state index contributed by atoms with van der Waals surface area (Å²) >= 11 is 7.63. The first-order valence-corrected chi connectivity index (χ1v) is 12.7. The molecule has 0 spiro atoms. The van der Waals surface area contributed by atoms with Gasteiger partial charge in [0.15, 0.2) is 0 Å². The summed E-state index contributed by atoms with van der Waals surface area (Å²) in [5, 5.41) is 5.82. The van der Waals surface area contributed by atoms with E-state index in [0.717, 1.165) is 49.7 Å². The van der Waals surface area contributed by atoms with Gasteiger partial charge >= 0.3 is 0 Å². The number of ether oxygens (including phenoxy) is 1. The van der Waals surface area contributed by atoms with Crippen molar-refractivity contribution in [3.05, 3.63) is 46.2 Å². The molecule has 0 radical (unpaired) electrons. The first-order chi connectivity index (χ1) is 16.0. The smallest absolute Gasteiger partial charge is 0.253 e. The molecular weight excluding hydrogens is 460 g/mol. The minimum Gasteiger partial charge on any atom is -0.491 e. The van der Waals surface area contributed by atoms with E-state index in [1.165, 1.54) is 11.8 Å². The summed E-state index contributed by atoms with van der Waals surface area (Å²) in [7, 11) is 0. The van der Waals surface area contributed by atoms with Crippen molar-refractivity contribution in [2.24, 2.45) is 0 Å². The Morgan fingerprint density at radius 1 is 1.15 bits per heavy atom. The van der Waals surface area contributed by atoms with Gasteiger partial charge in [0.2, 0.25) is 11.1 Å². The number of rotatable bonds is 8. The molecule has 0 atom stereocenters. The summed E-state index contributed by atoms with van der Waals surface area (Å²) in [4.78, 5) is 26.1. The second kappa shape index (κ2) is 10.7. The van der Waals surface area contributed by atoms with Gasteiger partial charge in [0, 0.05) is 50.5 Å². The van der Waals surface area contributed by atoms with Gasteiger partial charge in [-0.3, -0.25) is 9.69 Å². The summed E-state index contributed by atoms with van der Waals surface area (Å²) in [6.07, 6.45) is 3.07. The summed E-state index contributed by atoms with van der Waals surface area (Å²) in [6.45, 7) is 8.55. The van der Waals surface area contributed by atoms with Gasteiger partial charge < -0.3 is 9.64 Å². The van der Waals surface area contributed by atoms with Crippen LogP contribution >= 0.6 is 23.4 Å². The molecule has 1 amide bonds. The Bertz CT molecular complexity index is 1130. The van der Waals surface area contributed by atoms with E-state index in [1.54, 1.807) is 4.52 Å². The number of para-hydroxylation sites is 1. The molecule has 1 aromatic carbocycles. The highest BCUT2D eigenvalue weighted by atomic mass is 35.5. The lowest BCUT2D eigenvalue weighted by atomic mass is 10.1. The fourth-order valence-corrected chi connectivity index (χ4v) is 4.62. The van der Waals surface area contributed by atoms with Gasteiger partial charge in [-0.15, -0.1) is 5.10 Å². The number of benzene rings is 1. The molecule has 4 rings (SSSR count). The number of hydrogen-bond donors (Lipinski definition) is 0. The molecule has 10 heteroatoms. The minimum atomic E-state index is 0.184. The molecule has 2 aromatic heterocycles. The van der Waals surface area contributed by atoms with E-state index >= 15 is 0 Å². The van der Waals surface area contributed by atoms with Gasteiger partial charge in [0.05, 0.1) is 5.02 Å². The van der Waals surface area contributed by atoms with Crippen molar-refractivity contribution in [2.45, 2.75) is 31.8 Å². The number of thioether (sulfide) groups is 1. The number of halogens is 1. The first kappa shape index (κ1) is 23.8. The van der Waals surface area contributed by atoms with E-state index in [1.807, 2.05) is 49.3 Å². The summed E-state index contributed by atoms with van der Waals surface area (Å²) in [5.74, 6) is 1.50. The zero-order chi connectivity index (χ0) is 23.4. The second-order valence-electron chi connectivity index (χ2n) is 8.07. The van der Waals surface area contributed by atoms with E-state index in [2.05, 4.69) is 20.0 Å². The van der Waals surface area contributed by atoms with E-state index in [9.17, 15) is 4.79 Å². The third-order valence-corrected chi connectivity index (χ3v) is 6.88. The van der Waals surface area contributed by atoms with Crippen LogP contribution in [0.25, 0.3) is 5.78 Å². The lowest BCUT2D eigenvalue weighted by molar-refractivity contribution is -0.132. The summed E-state index contributed by atoms with van der Waals surface area (Å²) < 4.78 is 7.57. The van der Waals surface area contributed by atoms with Crippen LogP contribution in [-0.2, 0) is 11.2 Å². The Kier molecular flexibility index (Phi) is 7.72. The van der Waals surface area contributed by atoms with Crippen LogP contribution in [0.2, 0.25) is 5.02 Å². The number of aromatic nitrogens is 4. The Morgan fingerprint density at radius 2 is 1.91 bits per heavy atom. The molecule has 8 nitrogen and oxygen atoms in total. The van der Waals surface area contributed by atoms with E-state index in [0.29, 0.717) is 41.2 Å². The number of nitrogens with zero attached hydrogens (tertiary/aromatic N) is 6. The van der Waals surface area contributed by atoms with E-state index in [4.69, 9.17) is 16.3 Å². The number of carbonyl (C=O) groups excluding carboxylic acids is 1. The SMILES string of the molecule is CSc1nc2nc(C)c(CCC(=O)N3CCN(CCOc4ccccc4Cl)CC3)c(C)n2n1. The Morgan fingerprint density at radius 3 is 2.64 bits per heavy atom. The van der Waals surface area contributed by atoms with Gasteiger partial charge in [-0.25, -0.2) is 9.50 Å². The molecule has 0 N–H and O–H groups in total. The molecule has 0 unspecified atom stereocenters. The van der Waals surface area contributed by atoms with Gasteiger partial charge in [0.1, 0.15) is 12.4 Å². The molecule has 3 heterocycles. The van der Waals surface area contributed by atoms with Crippen LogP contribution in [0.3, 0.4) is 0 Å². The van der Waals surface area contributed by atoms with Gasteiger partial charge in [-0.05, 0) is 44.2 Å². The molecule has 0 bridgehead atoms. The molecule has 176 valence electrons. The molecule has 0 saturated carbocycles. The largest absolute Gasteiger partial charge is 0.491 e. The lowest BCUT2D eigenvalue weighted by Gasteiger charge is -2.34. The lowest BCUT2D eigenvalue weighted by Crippen LogP contribution is -2.49. The molecule has 1 saturated heterocycles. The maximum atomic E-state index is 12.9. The number of carbonyl (C=O) groups is 1. The predicted octanol–water partition coefficient (Wildman–Crippen LogP) is 3.27. The molecule has 1 aliphatic heterocycles. The van der Waals surface area contributed by atoms with Crippen molar-refractivity contribution in [3.63, 3.8) is 0 Å². The molecule has 3 aromatic rings. The van der Waals surface area contributed by atoms with Gasteiger partial charge in [0.25, 0.3) is 5.78 Å². The Balaban J connectivity index is 1.25.